The van der Waals surface area contributed by atoms with Gasteiger partial charge < -0.3 is 10.1 Å². The predicted molar refractivity (Wildman–Crippen MR) is 71.6 cm³/mol. The molecule has 16 heavy (non-hydrogen) atoms. The van der Waals surface area contributed by atoms with Crippen LogP contribution in [0, 0.1) is 0 Å². The Balaban J connectivity index is 2.21. The van der Waals surface area contributed by atoms with Gasteiger partial charge in [0.2, 0.25) is 0 Å². The molecule has 0 aliphatic heterocycles. The summed E-state index contributed by atoms with van der Waals surface area (Å²) in [6.45, 7) is 5.93. The standard InChI is InChI=1S/C12H15BrClNO/c1-2-16-7-3-6-15-9-10-4-5-11(13)12(14)8-10/h2,4-5,8,15H,1,3,6-7,9H2. The van der Waals surface area contributed by atoms with Gasteiger partial charge in [0.05, 0.1) is 17.9 Å². The molecule has 0 saturated carbocycles. The number of hydrogen-bond acceptors (Lipinski definition) is 2. The fourth-order valence-electron chi connectivity index (χ4n) is 1.25. The quantitative estimate of drug-likeness (QED) is 0.612. The largest absolute Gasteiger partial charge is 0.502 e. The van der Waals surface area contributed by atoms with Crippen molar-refractivity contribution in [3.05, 3.63) is 46.1 Å². The molecular formula is C12H15BrClNO. The Hall–Kier alpha value is -0.510. The fourth-order valence-corrected chi connectivity index (χ4v) is 1.70. The lowest BCUT2D eigenvalue weighted by atomic mass is 10.2. The van der Waals surface area contributed by atoms with Crippen molar-refractivity contribution >= 4 is 27.5 Å². The molecule has 0 fully saturated rings. The highest BCUT2D eigenvalue weighted by Gasteiger charge is 1.98. The fraction of sp³-hybridized carbons (Fsp3) is 0.333. The number of hydrogen-bond donors (Lipinski definition) is 1. The van der Waals surface area contributed by atoms with E-state index in [1.165, 1.54) is 11.8 Å². The van der Waals surface area contributed by atoms with E-state index in [9.17, 15) is 0 Å². The van der Waals surface area contributed by atoms with Gasteiger partial charge in [-0.25, -0.2) is 0 Å². The van der Waals surface area contributed by atoms with Crippen molar-refractivity contribution in [2.24, 2.45) is 0 Å². The molecule has 0 radical (unpaired) electrons. The van der Waals surface area contributed by atoms with Crippen LogP contribution >= 0.6 is 27.5 Å². The molecule has 1 aromatic carbocycles. The highest BCUT2D eigenvalue weighted by molar-refractivity contribution is 9.10. The van der Waals surface area contributed by atoms with Crippen LogP contribution in [0.1, 0.15) is 12.0 Å². The Labute approximate surface area is 110 Å². The van der Waals surface area contributed by atoms with Gasteiger partial charge in [-0.3, -0.25) is 0 Å². The number of rotatable bonds is 7. The topological polar surface area (TPSA) is 21.3 Å². The minimum atomic E-state index is 0.706. The lowest BCUT2D eigenvalue weighted by Crippen LogP contribution is -2.15. The van der Waals surface area contributed by atoms with Gasteiger partial charge in [0, 0.05) is 11.0 Å². The summed E-state index contributed by atoms with van der Waals surface area (Å²) >= 11 is 9.35. The number of benzene rings is 1. The normalized spacial score (nSPS) is 10.1. The van der Waals surface area contributed by atoms with Crippen LogP contribution in [0.2, 0.25) is 5.02 Å². The maximum absolute atomic E-state index is 5.99. The van der Waals surface area contributed by atoms with E-state index < -0.39 is 0 Å². The van der Waals surface area contributed by atoms with Crippen molar-refractivity contribution in [3.63, 3.8) is 0 Å². The Bertz CT molecular complexity index is 344. The van der Waals surface area contributed by atoms with Crippen molar-refractivity contribution in [1.82, 2.24) is 5.32 Å². The van der Waals surface area contributed by atoms with Crippen LogP contribution in [0.3, 0.4) is 0 Å². The van der Waals surface area contributed by atoms with E-state index >= 15 is 0 Å². The summed E-state index contributed by atoms with van der Waals surface area (Å²) in [4.78, 5) is 0. The van der Waals surface area contributed by atoms with E-state index in [2.05, 4.69) is 27.8 Å². The summed E-state index contributed by atoms with van der Waals surface area (Å²) < 4.78 is 5.95. The van der Waals surface area contributed by atoms with Crippen molar-refractivity contribution in [2.45, 2.75) is 13.0 Å². The molecule has 0 aliphatic rings. The maximum Gasteiger partial charge on any atom is 0.0885 e. The maximum atomic E-state index is 5.99. The zero-order valence-electron chi connectivity index (χ0n) is 9.01. The average molecular weight is 305 g/mol. The minimum Gasteiger partial charge on any atom is -0.502 e. The predicted octanol–water partition coefficient (Wildman–Crippen LogP) is 3.74. The van der Waals surface area contributed by atoms with Crippen LogP contribution in [0.4, 0.5) is 0 Å². The highest BCUT2D eigenvalue weighted by Crippen LogP contribution is 2.22. The second-order valence-electron chi connectivity index (χ2n) is 3.32. The number of nitrogens with one attached hydrogen (secondary N) is 1. The molecule has 0 atom stereocenters. The van der Waals surface area contributed by atoms with E-state index in [0.29, 0.717) is 6.61 Å². The zero-order valence-corrected chi connectivity index (χ0v) is 11.4. The van der Waals surface area contributed by atoms with E-state index in [-0.39, 0.29) is 0 Å². The molecule has 0 aromatic heterocycles. The van der Waals surface area contributed by atoms with Gasteiger partial charge in [0.1, 0.15) is 0 Å². The molecule has 0 amide bonds. The van der Waals surface area contributed by atoms with Crippen molar-refractivity contribution in [1.29, 1.82) is 0 Å². The summed E-state index contributed by atoms with van der Waals surface area (Å²) in [5.41, 5.74) is 1.18. The monoisotopic (exact) mass is 303 g/mol. The van der Waals surface area contributed by atoms with Gasteiger partial charge in [-0.15, -0.1) is 0 Å². The van der Waals surface area contributed by atoms with Crippen LogP contribution in [0.5, 0.6) is 0 Å². The summed E-state index contributed by atoms with van der Waals surface area (Å²) in [5.74, 6) is 0. The Kier molecular flexibility index (Phi) is 6.53. The molecule has 0 heterocycles. The Morgan fingerprint density at radius 3 is 3.00 bits per heavy atom. The first kappa shape index (κ1) is 13.6. The van der Waals surface area contributed by atoms with Crippen LogP contribution in [-0.4, -0.2) is 13.2 Å². The Morgan fingerprint density at radius 1 is 1.50 bits per heavy atom. The van der Waals surface area contributed by atoms with Crippen molar-refractivity contribution in [3.8, 4) is 0 Å². The highest BCUT2D eigenvalue weighted by atomic mass is 79.9. The van der Waals surface area contributed by atoms with E-state index in [4.69, 9.17) is 16.3 Å². The summed E-state index contributed by atoms with van der Waals surface area (Å²) in [6, 6.07) is 5.96. The molecular weight excluding hydrogens is 289 g/mol. The number of ether oxygens (including phenoxy) is 1. The first-order valence-corrected chi connectivity index (χ1v) is 6.28. The number of halogens is 2. The van der Waals surface area contributed by atoms with Crippen LogP contribution in [0.15, 0.2) is 35.5 Å². The van der Waals surface area contributed by atoms with Crippen LogP contribution < -0.4 is 5.32 Å². The van der Waals surface area contributed by atoms with Gasteiger partial charge in [0.25, 0.3) is 0 Å². The van der Waals surface area contributed by atoms with Gasteiger partial charge in [-0.2, -0.15) is 0 Å². The van der Waals surface area contributed by atoms with Crippen LogP contribution in [-0.2, 0) is 11.3 Å². The van der Waals surface area contributed by atoms with Gasteiger partial charge in [-0.1, -0.05) is 24.2 Å². The van der Waals surface area contributed by atoms with Crippen molar-refractivity contribution in [2.75, 3.05) is 13.2 Å². The summed E-state index contributed by atoms with van der Waals surface area (Å²) in [5, 5.41) is 4.06. The van der Waals surface area contributed by atoms with Crippen LogP contribution in [0.25, 0.3) is 0 Å². The summed E-state index contributed by atoms with van der Waals surface area (Å²) in [7, 11) is 0. The SMILES string of the molecule is C=COCCCNCc1ccc(Br)c(Cl)c1. The summed E-state index contributed by atoms with van der Waals surface area (Å²) in [6.07, 6.45) is 2.44. The molecule has 0 spiro atoms. The zero-order chi connectivity index (χ0) is 11.8. The van der Waals surface area contributed by atoms with E-state index in [1.807, 2.05) is 18.2 Å². The molecule has 0 unspecified atom stereocenters. The molecule has 1 N–H and O–H groups in total. The molecule has 0 bridgehead atoms. The molecule has 1 aromatic rings. The van der Waals surface area contributed by atoms with Gasteiger partial charge in [-0.05, 0) is 46.6 Å². The van der Waals surface area contributed by atoms with Crippen molar-refractivity contribution < 1.29 is 4.74 Å². The minimum absolute atomic E-state index is 0.706. The molecule has 1 rings (SSSR count). The van der Waals surface area contributed by atoms with E-state index in [0.717, 1.165) is 29.0 Å². The third-order valence-electron chi connectivity index (χ3n) is 2.05. The first-order chi connectivity index (χ1) is 7.74. The Morgan fingerprint density at radius 2 is 2.31 bits per heavy atom. The first-order valence-electron chi connectivity index (χ1n) is 5.11. The second kappa shape index (κ2) is 7.71. The molecule has 0 saturated heterocycles. The lowest BCUT2D eigenvalue weighted by Gasteiger charge is -2.06. The third-order valence-corrected chi connectivity index (χ3v) is 3.28. The molecule has 4 heteroatoms. The molecule has 88 valence electrons. The van der Waals surface area contributed by atoms with Gasteiger partial charge in [0.15, 0.2) is 0 Å². The van der Waals surface area contributed by atoms with Gasteiger partial charge >= 0.3 is 0 Å². The van der Waals surface area contributed by atoms with E-state index in [1.54, 1.807) is 0 Å². The lowest BCUT2D eigenvalue weighted by molar-refractivity contribution is 0.244. The molecule has 2 nitrogen and oxygen atoms in total. The molecule has 0 aliphatic carbocycles. The third kappa shape index (κ3) is 5.01. The average Bonchev–Trinajstić information content (AvgIpc) is 2.28. The smallest absolute Gasteiger partial charge is 0.0885 e. The second-order valence-corrected chi connectivity index (χ2v) is 4.58.